The first-order chi connectivity index (χ1) is 12.2. The fraction of sp³-hybridized carbons (Fsp3) is 0.375. The summed E-state index contributed by atoms with van der Waals surface area (Å²) in [5.74, 6) is -0.264. The second-order valence-electron chi connectivity index (χ2n) is 5.92. The summed E-state index contributed by atoms with van der Waals surface area (Å²) < 4.78 is 40.0. The summed E-state index contributed by atoms with van der Waals surface area (Å²) >= 11 is 11.8. The molecule has 1 aliphatic rings. The van der Waals surface area contributed by atoms with Crippen LogP contribution in [0.4, 0.5) is 30.6 Å². The zero-order valence-corrected chi connectivity index (χ0v) is 14.9. The van der Waals surface area contributed by atoms with Gasteiger partial charge < -0.3 is 15.3 Å². The van der Waals surface area contributed by atoms with Crippen LogP contribution in [0, 0.1) is 0 Å². The highest BCUT2D eigenvalue weighted by Crippen LogP contribution is 2.37. The fourth-order valence-corrected chi connectivity index (χ4v) is 3.02. The van der Waals surface area contributed by atoms with E-state index in [0.717, 1.165) is 6.20 Å². The summed E-state index contributed by atoms with van der Waals surface area (Å²) in [6, 6.07) is 4.69. The van der Waals surface area contributed by atoms with E-state index in [4.69, 9.17) is 23.2 Å². The molecule has 0 amide bonds. The van der Waals surface area contributed by atoms with E-state index in [1.165, 1.54) is 11.0 Å². The zero-order chi connectivity index (χ0) is 18.9. The molecular formula is C16H15Cl2F3N4O. The highest BCUT2D eigenvalue weighted by Gasteiger charge is 2.37. The number of aliphatic hydroxyl groups is 1. The van der Waals surface area contributed by atoms with Crippen molar-refractivity contribution in [3.05, 3.63) is 40.0 Å². The molecule has 0 saturated carbocycles. The van der Waals surface area contributed by atoms with Crippen LogP contribution in [0.1, 0.15) is 18.4 Å². The third-order valence-corrected chi connectivity index (χ3v) is 4.68. The van der Waals surface area contributed by atoms with Crippen molar-refractivity contribution < 1.29 is 18.3 Å². The van der Waals surface area contributed by atoms with Gasteiger partial charge in [0.25, 0.3) is 0 Å². The predicted octanol–water partition coefficient (Wildman–Crippen LogP) is 4.51. The standard InChI is InChI=1S/C16H15Cl2F3N4O/c17-12-4-3-9(6-13(12)18)23-15-22-7-11(16(19,20)21)14(24-15)25-5-1-2-10(26)8-25/h3-4,6-7,10,26H,1-2,5,8H2,(H,22,23,24). The Morgan fingerprint density at radius 1 is 1.23 bits per heavy atom. The van der Waals surface area contributed by atoms with Gasteiger partial charge in [-0.05, 0) is 31.0 Å². The van der Waals surface area contributed by atoms with Crippen LogP contribution in [0.25, 0.3) is 0 Å². The number of hydrogen-bond donors (Lipinski definition) is 2. The lowest BCUT2D eigenvalue weighted by atomic mass is 10.1. The molecule has 0 radical (unpaired) electrons. The average Bonchev–Trinajstić information content (AvgIpc) is 2.57. The normalized spacial score (nSPS) is 18.1. The van der Waals surface area contributed by atoms with E-state index in [0.29, 0.717) is 35.1 Å². The van der Waals surface area contributed by atoms with Crippen molar-refractivity contribution in [3.63, 3.8) is 0 Å². The molecule has 26 heavy (non-hydrogen) atoms. The highest BCUT2D eigenvalue weighted by atomic mass is 35.5. The van der Waals surface area contributed by atoms with E-state index in [1.54, 1.807) is 12.1 Å². The Hall–Kier alpha value is -1.77. The van der Waals surface area contributed by atoms with Crippen LogP contribution in [0.2, 0.25) is 10.0 Å². The number of aliphatic hydroxyl groups excluding tert-OH is 1. The van der Waals surface area contributed by atoms with Crippen LogP contribution in [0.15, 0.2) is 24.4 Å². The van der Waals surface area contributed by atoms with E-state index in [1.807, 2.05) is 0 Å². The van der Waals surface area contributed by atoms with Crippen molar-refractivity contribution in [2.45, 2.75) is 25.1 Å². The molecule has 140 valence electrons. The topological polar surface area (TPSA) is 61.3 Å². The van der Waals surface area contributed by atoms with Crippen molar-refractivity contribution in [3.8, 4) is 0 Å². The third-order valence-electron chi connectivity index (χ3n) is 3.95. The van der Waals surface area contributed by atoms with Gasteiger partial charge in [0.2, 0.25) is 5.95 Å². The zero-order valence-electron chi connectivity index (χ0n) is 13.4. The molecule has 1 aliphatic heterocycles. The second-order valence-corrected chi connectivity index (χ2v) is 6.74. The van der Waals surface area contributed by atoms with Crippen molar-refractivity contribution >= 4 is 40.7 Å². The highest BCUT2D eigenvalue weighted by molar-refractivity contribution is 6.42. The van der Waals surface area contributed by atoms with E-state index < -0.39 is 17.8 Å². The molecule has 10 heteroatoms. The van der Waals surface area contributed by atoms with Gasteiger partial charge in [0, 0.05) is 25.0 Å². The number of halogens is 5. The number of β-amino-alcohol motifs (C(OH)–C–C–N with tert-alkyl or cyclic N) is 1. The molecule has 1 saturated heterocycles. The smallest absolute Gasteiger partial charge is 0.391 e. The number of anilines is 3. The van der Waals surface area contributed by atoms with Crippen LogP contribution in [-0.4, -0.2) is 34.3 Å². The predicted molar refractivity (Wildman–Crippen MR) is 94.2 cm³/mol. The van der Waals surface area contributed by atoms with Crippen LogP contribution in [0.3, 0.4) is 0 Å². The van der Waals surface area contributed by atoms with Crippen LogP contribution >= 0.6 is 23.2 Å². The number of hydrogen-bond acceptors (Lipinski definition) is 5. The number of aromatic nitrogens is 2. The number of piperidine rings is 1. The molecule has 5 nitrogen and oxygen atoms in total. The van der Waals surface area contributed by atoms with Crippen molar-refractivity contribution in [2.75, 3.05) is 23.3 Å². The summed E-state index contributed by atoms with van der Waals surface area (Å²) in [5, 5.41) is 13.3. The van der Waals surface area contributed by atoms with E-state index in [-0.39, 0.29) is 18.3 Å². The van der Waals surface area contributed by atoms with Gasteiger partial charge in [-0.2, -0.15) is 18.2 Å². The minimum absolute atomic E-state index is 0.00791. The molecule has 3 rings (SSSR count). The monoisotopic (exact) mass is 406 g/mol. The summed E-state index contributed by atoms with van der Waals surface area (Å²) in [7, 11) is 0. The van der Waals surface area contributed by atoms with Gasteiger partial charge in [-0.3, -0.25) is 0 Å². The van der Waals surface area contributed by atoms with E-state index in [9.17, 15) is 18.3 Å². The van der Waals surface area contributed by atoms with Gasteiger partial charge >= 0.3 is 6.18 Å². The fourth-order valence-electron chi connectivity index (χ4n) is 2.72. The number of benzene rings is 1. The van der Waals surface area contributed by atoms with Gasteiger partial charge in [-0.15, -0.1) is 0 Å². The second kappa shape index (κ2) is 7.46. The third kappa shape index (κ3) is 4.31. The molecule has 1 atom stereocenters. The number of alkyl halides is 3. The lowest BCUT2D eigenvalue weighted by molar-refractivity contribution is -0.137. The van der Waals surface area contributed by atoms with E-state index >= 15 is 0 Å². The Morgan fingerprint density at radius 2 is 2.00 bits per heavy atom. The Morgan fingerprint density at radius 3 is 2.65 bits per heavy atom. The summed E-state index contributed by atoms with van der Waals surface area (Å²) in [4.78, 5) is 9.23. The minimum Gasteiger partial charge on any atom is -0.391 e. The molecule has 1 unspecified atom stereocenters. The van der Waals surface area contributed by atoms with E-state index in [2.05, 4.69) is 15.3 Å². The number of nitrogens with zero attached hydrogens (tertiary/aromatic N) is 3. The lowest BCUT2D eigenvalue weighted by Crippen LogP contribution is -2.40. The Labute approximate surface area is 157 Å². The first-order valence-electron chi connectivity index (χ1n) is 7.83. The van der Waals surface area contributed by atoms with Crippen LogP contribution in [-0.2, 0) is 6.18 Å². The average molecular weight is 407 g/mol. The molecule has 1 aromatic carbocycles. The molecule has 2 aromatic rings. The molecule has 0 spiro atoms. The van der Waals surface area contributed by atoms with Crippen molar-refractivity contribution in [1.29, 1.82) is 0 Å². The summed E-state index contributed by atoms with van der Waals surface area (Å²) in [5.41, 5.74) is -0.449. The number of rotatable bonds is 3. The molecular weight excluding hydrogens is 392 g/mol. The van der Waals surface area contributed by atoms with Gasteiger partial charge in [-0.1, -0.05) is 23.2 Å². The first kappa shape index (κ1) is 19.0. The Balaban J connectivity index is 1.94. The Kier molecular flexibility index (Phi) is 5.45. The van der Waals surface area contributed by atoms with Gasteiger partial charge in [0.1, 0.15) is 11.4 Å². The molecule has 2 heterocycles. The number of nitrogens with one attached hydrogen (secondary N) is 1. The van der Waals surface area contributed by atoms with Crippen LogP contribution in [0.5, 0.6) is 0 Å². The van der Waals surface area contributed by atoms with Gasteiger partial charge in [-0.25, -0.2) is 4.98 Å². The maximum absolute atomic E-state index is 13.3. The minimum atomic E-state index is -4.60. The molecule has 0 aliphatic carbocycles. The first-order valence-corrected chi connectivity index (χ1v) is 8.59. The molecule has 1 fully saturated rings. The summed E-state index contributed by atoms with van der Waals surface area (Å²) in [6.07, 6.45) is -3.41. The Bertz CT molecular complexity index is 804. The largest absolute Gasteiger partial charge is 0.421 e. The van der Waals surface area contributed by atoms with Gasteiger partial charge in [0.15, 0.2) is 0 Å². The maximum Gasteiger partial charge on any atom is 0.421 e. The molecule has 2 N–H and O–H groups in total. The lowest BCUT2D eigenvalue weighted by Gasteiger charge is -2.32. The van der Waals surface area contributed by atoms with Crippen molar-refractivity contribution in [1.82, 2.24) is 9.97 Å². The SMILES string of the molecule is OC1CCCN(c2nc(Nc3ccc(Cl)c(Cl)c3)ncc2C(F)(F)F)C1. The maximum atomic E-state index is 13.3. The van der Waals surface area contributed by atoms with Gasteiger partial charge in [0.05, 0.1) is 16.1 Å². The van der Waals surface area contributed by atoms with Crippen LogP contribution < -0.4 is 10.2 Å². The summed E-state index contributed by atoms with van der Waals surface area (Å²) in [6.45, 7) is 0.468. The van der Waals surface area contributed by atoms with Crippen molar-refractivity contribution in [2.24, 2.45) is 0 Å². The molecule has 0 bridgehead atoms. The molecule has 1 aromatic heterocycles. The quantitative estimate of drug-likeness (QED) is 0.785.